The molecule has 72 heavy (non-hydrogen) atoms. The molecule has 0 N–H and O–H groups in total. The molecule has 11 aromatic carbocycles. The minimum Gasteiger partial charge on any atom is -0.456 e. The van der Waals surface area contributed by atoms with Crippen LogP contribution in [0.25, 0.3) is 139 Å². The molecule has 0 radical (unpaired) electrons. The number of fused-ring (bicyclic) bond motifs is 7. The topological polar surface area (TPSA) is 56.7 Å². The molecule has 0 atom stereocenters. The highest BCUT2D eigenvalue weighted by Crippen LogP contribution is 2.44. The zero-order valence-electron chi connectivity index (χ0n) is 38.9. The molecular formula is C67H42N4O. The van der Waals surface area contributed by atoms with E-state index in [2.05, 4.69) is 235 Å². The van der Waals surface area contributed by atoms with Crippen molar-refractivity contribution >= 4 is 54.5 Å². The van der Waals surface area contributed by atoms with Crippen molar-refractivity contribution in [1.82, 2.24) is 19.5 Å². The Balaban J connectivity index is 1.01. The van der Waals surface area contributed by atoms with Crippen molar-refractivity contribution in [3.05, 3.63) is 255 Å². The van der Waals surface area contributed by atoms with Crippen LogP contribution in [0, 0.1) is 0 Å². The maximum absolute atomic E-state index is 6.58. The average molecular weight is 919 g/mol. The summed E-state index contributed by atoms with van der Waals surface area (Å²) >= 11 is 0. The van der Waals surface area contributed by atoms with Crippen LogP contribution < -0.4 is 0 Å². The van der Waals surface area contributed by atoms with Crippen LogP contribution in [-0.4, -0.2) is 19.5 Å². The summed E-state index contributed by atoms with van der Waals surface area (Å²) in [6.07, 6.45) is 0. The van der Waals surface area contributed by atoms with Crippen molar-refractivity contribution in [3.8, 4) is 84.4 Å². The van der Waals surface area contributed by atoms with Gasteiger partial charge in [-0.15, -0.1) is 0 Å². The molecule has 0 unspecified atom stereocenters. The van der Waals surface area contributed by atoms with Gasteiger partial charge in [-0.1, -0.05) is 200 Å². The van der Waals surface area contributed by atoms with E-state index in [9.17, 15) is 0 Å². The van der Waals surface area contributed by atoms with E-state index in [0.29, 0.717) is 17.5 Å². The van der Waals surface area contributed by atoms with E-state index in [1.165, 1.54) is 32.7 Å². The van der Waals surface area contributed by atoms with Crippen molar-refractivity contribution in [2.45, 2.75) is 0 Å². The minimum atomic E-state index is 0.575. The molecule has 3 aromatic heterocycles. The fourth-order valence-electron chi connectivity index (χ4n) is 10.5. The molecule has 0 amide bonds. The van der Waals surface area contributed by atoms with Gasteiger partial charge in [-0.2, -0.15) is 0 Å². The summed E-state index contributed by atoms with van der Waals surface area (Å²) in [7, 11) is 0. The molecular weight excluding hydrogens is 877 g/mol. The van der Waals surface area contributed by atoms with Crippen LogP contribution in [0.3, 0.4) is 0 Å². The van der Waals surface area contributed by atoms with Gasteiger partial charge in [-0.3, -0.25) is 0 Å². The Labute approximate surface area is 415 Å². The van der Waals surface area contributed by atoms with E-state index in [0.717, 1.165) is 88.7 Å². The van der Waals surface area contributed by atoms with Crippen LogP contribution >= 0.6 is 0 Å². The highest BCUT2D eigenvalue weighted by Gasteiger charge is 2.22. The molecule has 0 saturated carbocycles. The van der Waals surface area contributed by atoms with E-state index < -0.39 is 0 Å². The lowest BCUT2D eigenvalue weighted by Gasteiger charge is -2.17. The van der Waals surface area contributed by atoms with Gasteiger partial charge in [0.25, 0.3) is 0 Å². The third-order valence-electron chi connectivity index (χ3n) is 14.1. The second-order valence-electron chi connectivity index (χ2n) is 18.4. The Hall–Kier alpha value is -9.71. The standard InChI is InChI=1S/C67H42N4O/c1-4-15-43(16-5-1)45-27-31-48(32-28-45)65-68-66(49-33-29-46(30-34-49)44-17-6-2-7-18-44)70-67(69-65)53-36-38-59(57(40-53)52-35-37-56-55-23-12-13-26-62(55)72-63(56)42-52)71-60-25-14-24-54(47-19-8-3-9-20-47)64(60)58-39-50-21-10-11-22-51(50)41-61(58)71/h1-42H. The number of hydrogen-bond acceptors (Lipinski definition) is 4. The summed E-state index contributed by atoms with van der Waals surface area (Å²) in [6.45, 7) is 0. The molecule has 0 aliphatic rings. The van der Waals surface area contributed by atoms with Gasteiger partial charge in [0.2, 0.25) is 0 Å². The normalized spacial score (nSPS) is 11.6. The van der Waals surface area contributed by atoms with Crippen LogP contribution in [0.5, 0.6) is 0 Å². The predicted molar refractivity (Wildman–Crippen MR) is 297 cm³/mol. The van der Waals surface area contributed by atoms with Crippen molar-refractivity contribution in [2.24, 2.45) is 0 Å². The SMILES string of the molecule is c1ccc(-c2ccc(-c3nc(-c4ccc(-c5ccccc5)cc4)nc(-c4ccc(-n5c6cc7ccccc7cc6c6c(-c7ccccc7)cccc65)c(-c5ccc6c(c5)oc5ccccc56)c4)n3)cc2)cc1. The second kappa shape index (κ2) is 17.1. The minimum absolute atomic E-state index is 0.575. The lowest BCUT2D eigenvalue weighted by molar-refractivity contribution is 0.669. The van der Waals surface area contributed by atoms with Gasteiger partial charge in [-0.25, -0.2) is 15.0 Å². The Morgan fingerprint density at radius 2 is 0.778 bits per heavy atom. The molecule has 14 rings (SSSR count). The summed E-state index contributed by atoms with van der Waals surface area (Å²) in [5.41, 5.74) is 16.6. The van der Waals surface area contributed by atoms with Crippen LogP contribution in [0.15, 0.2) is 259 Å². The zero-order chi connectivity index (χ0) is 47.5. The van der Waals surface area contributed by atoms with E-state index >= 15 is 0 Å². The van der Waals surface area contributed by atoms with Gasteiger partial charge in [0, 0.05) is 43.8 Å². The van der Waals surface area contributed by atoms with Gasteiger partial charge in [-0.05, 0) is 104 Å². The fourth-order valence-corrected chi connectivity index (χ4v) is 10.5. The van der Waals surface area contributed by atoms with Crippen LogP contribution in [0.1, 0.15) is 0 Å². The first-order chi connectivity index (χ1) is 35.7. The molecule has 0 fully saturated rings. The highest BCUT2D eigenvalue weighted by atomic mass is 16.3. The lowest BCUT2D eigenvalue weighted by Crippen LogP contribution is -2.02. The number of rotatable bonds is 8. The summed E-state index contributed by atoms with van der Waals surface area (Å²) < 4.78 is 9.02. The van der Waals surface area contributed by atoms with Crippen LogP contribution in [0.4, 0.5) is 0 Å². The van der Waals surface area contributed by atoms with Crippen LogP contribution in [-0.2, 0) is 0 Å². The third-order valence-corrected chi connectivity index (χ3v) is 14.1. The highest BCUT2D eigenvalue weighted by molar-refractivity contribution is 6.19. The van der Waals surface area contributed by atoms with Crippen molar-refractivity contribution in [1.29, 1.82) is 0 Å². The number of benzene rings is 11. The van der Waals surface area contributed by atoms with Gasteiger partial charge in [0.15, 0.2) is 17.5 Å². The maximum Gasteiger partial charge on any atom is 0.164 e. The van der Waals surface area contributed by atoms with Crippen molar-refractivity contribution < 1.29 is 4.42 Å². The number of aromatic nitrogens is 4. The van der Waals surface area contributed by atoms with E-state index in [1.807, 2.05) is 24.3 Å². The molecule has 14 aromatic rings. The second-order valence-corrected chi connectivity index (χ2v) is 18.4. The van der Waals surface area contributed by atoms with Gasteiger partial charge in [0.05, 0.1) is 16.7 Å². The zero-order valence-corrected chi connectivity index (χ0v) is 38.9. The first-order valence-corrected chi connectivity index (χ1v) is 24.3. The molecule has 5 nitrogen and oxygen atoms in total. The third kappa shape index (κ3) is 7.14. The maximum atomic E-state index is 6.58. The first kappa shape index (κ1) is 41.3. The summed E-state index contributed by atoms with van der Waals surface area (Å²) in [6, 6.07) is 90.1. The van der Waals surface area contributed by atoms with Crippen LogP contribution in [0.2, 0.25) is 0 Å². The molecule has 0 aliphatic heterocycles. The molecule has 3 heterocycles. The Morgan fingerprint density at radius 3 is 1.43 bits per heavy atom. The molecule has 0 spiro atoms. The predicted octanol–water partition coefficient (Wildman–Crippen LogP) is 17.7. The first-order valence-electron chi connectivity index (χ1n) is 24.3. The largest absolute Gasteiger partial charge is 0.456 e. The monoisotopic (exact) mass is 918 g/mol. The molecule has 0 saturated heterocycles. The molecule has 336 valence electrons. The Morgan fingerprint density at radius 1 is 0.278 bits per heavy atom. The van der Waals surface area contributed by atoms with Crippen molar-refractivity contribution in [2.75, 3.05) is 0 Å². The quantitative estimate of drug-likeness (QED) is 0.152. The van der Waals surface area contributed by atoms with E-state index in [-0.39, 0.29) is 0 Å². The van der Waals surface area contributed by atoms with E-state index in [4.69, 9.17) is 19.4 Å². The average Bonchev–Trinajstić information content (AvgIpc) is 4.00. The number of nitrogens with zero attached hydrogens (tertiary/aromatic N) is 4. The van der Waals surface area contributed by atoms with Crippen molar-refractivity contribution in [3.63, 3.8) is 0 Å². The van der Waals surface area contributed by atoms with Gasteiger partial charge in [0.1, 0.15) is 11.2 Å². The summed E-state index contributed by atoms with van der Waals surface area (Å²) in [5.74, 6) is 1.77. The Kier molecular flexibility index (Phi) is 9.78. The molecule has 0 bridgehead atoms. The summed E-state index contributed by atoms with van der Waals surface area (Å²) in [4.78, 5) is 15.8. The Bertz CT molecular complexity index is 4250. The lowest BCUT2D eigenvalue weighted by atomic mass is 9.98. The number of hydrogen-bond donors (Lipinski definition) is 0. The molecule has 0 aliphatic carbocycles. The van der Waals surface area contributed by atoms with Gasteiger partial charge >= 0.3 is 0 Å². The number of para-hydroxylation sites is 1. The summed E-state index contributed by atoms with van der Waals surface area (Å²) in [5, 5.41) is 6.94. The number of furan rings is 1. The fraction of sp³-hybridized carbons (Fsp3) is 0. The van der Waals surface area contributed by atoms with E-state index in [1.54, 1.807) is 0 Å². The molecule has 5 heteroatoms. The van der Waals surface area contributed by atoms with Gasteiger partial charge < -0.3 is 8.98 Å². The smallest absolute Gasteiger partial charge is 0.164 e.